The van der Waals surface area contributed by atoms with Crippen molar-refractivity contribution in [3.05, 3.63) is 70.3 Å². The molecule has 1 N–H and O–H groups in total. The minimum absolute atomic E-state index is 0.113. The van der Waals surface area contributed by atoms with Gasteiger partial charge in [0.1, 0.15) is 18.8 Å². The molecule has 2 saturated heterocycles. The van der Waals surface area contributed by atoms with Gasteiger partial charge in [0, 0.05) is 60.7 Å². The van der Waals surface area contributed by atoms with Crippen LogP contribution in [0.3, 0.4) is 0 Å². The Morgan fingerprint density at radius 3 is 2.33 bits per heavy atom. The van der Waals surface area contributed by atoms with E-state index >= 15 is 0 Å². The number of rotatable bonds is 8. The van der Waals surface area contributed by atoms with Gasteiger partial charge in [0.15, 0.2) is 34.5 Å². The molecular weight excluding hydrogens is 698 g/mol. The maximum atomic E-state index is 10.8. The topological polar surface area (TPSA) is 94.6 Å². The minimum atomic E-state index is -0.560. The van der Waals surface area contributed by atoms with Crippen LogP contribution in [-0.2, 0) is 29.4 Å². The number of fused-ring (bicyclic) bond motifs is 2. The number of nitrogens with zero attached hydrogens (tertiary/aromatic N) is 3. The Hall–Kier alpha value is -4.00. The summed E-state index contributed by atoms with van der Waals surface area (Å²) in [7, 11) is 11.2. The third-order valence-electron chi connectivity index (χ3n) is 13.6. The van der Waals surface area contributed by atoms with Gasteiger partial charge in [0.05, 0.1) is 41.7 Å². The molecule has 10 rings (SSSR count). The number of aliphatic hydroxyl groups is 1. The van der Waals surface area contributed by atoms with Crippen molar-refractivity contribution in [2.24, 2.45) is 5.92 Å². The summed E-state index contributed by atoms with van der Waals surface area (Å²) in [5.41, 5.74) is 8.80. The summed E-state index contributed by atoms with van der Waals surface area (Å²) in [4.78, 5) is 7.30. The second-order valence-corrected chi connectivity index (χ2v) is 16.1. The van der Waals surface area contributed by atoms with E-state index in [9.17, 15) is 5.11 Å². The molecule has 0 amide bonds. The highest BCUT2D eigenvalue weighted by molar-refractivity contribution is 5.85. The molecule has 4 heterocycles. The van der Waals surface area contributed by atoms with Crippen molar-refractivity contribution in [2.45, 2.75) is 55.4 Å². The predicted molar refractivity (Wildman–Crippen MR) is 210 cm³/mol. The summed E-state index contributed by atoms with van der Waals surface area (Å²) < 4.78 is 40.7. The number of ether oxygens (including phenoxy) is 7. The fourth-order valence-electron chi connectivity index (χ4n) is 10.8. The van der Waals surface area contributed by atoms with Crippen LogP contribution in [0, 0.1) is 5.92 Å². The molecule has 3 aromatic carbocycles. The standard InChI is InChI=1S/C23H30N2O4.C21H25NO4/c1-24-7-6-23-16-3-4-18(26)22(23)29-21-19(5-2-15(20(21)23)14-17(16)24)28-13-10-25-8-11-27-12-9-25;1-22-7-6-12-9-18(25-4)21(26-5)20-14-11-17(24-3)16(23-2)10-13(14)8-15(22)19(12)20/h2-5,16-18,22,26H,6-14H2,1H3;9-11,15H,6-8H2,1-5H3/t16-,17+,18-,22-,23-;15-/m00/s1. The van der Waals surface area contributed by atoms with Gasteiger partial charge in [0.25, 0.3) is 0 Å². The van der Waals surface area contributed by atoms with Gasteiger partial charge in [-0.05, 0) is 98.4 Å². The maximum Gasteiger partial charge on any atom is 0.168 e. The minimum Gasteiger partial charge on any atom is -0.493 e. The fraction of sp³-hybridized carbons (Fsp3) is 0.545. The Morgan fingerprint density at radius 1 is 0.800 bits per heavy atom. The van der Waals surface area contributed by atoms with Crippen molar-refractivity contribution in [3.8, 4) is 45.6 Å². The first-order chi connectivity index (χ1) is 26.8. The molecule has 55 heavy (non-hydrogen) atoms. The largest absolute Gasteiger partial charge is 0.493 e. The Labute approximate surface area is 324 Å². The molecule has 0 unspecified atom stereocenters. The van der Waals surface area contributed by atoms with E-state index in [4.69, 9.17) is 33.2 Å². The number of methoxy groups -OCH3 is 4. The summed E-state index contributed by atoms with van der Waals surface area (Å²) >= 11 is 0. The average Bonchev–Trinajstić information content (AvgIpc) is 3.57. The molecule has 3 aromatic rings. The van der Waals surface area contributed by atoms with Gasteiger partial charge in [0.2, 0.25) is 0 Å². The lowest BCUT2D eigenvalue weighted by molar-refractivity contribution is -0.0454. The van der Waals surface area contributed by atoms with E-state index in [2.05, 4.69) is 65.2 Å². The van der Waals surface area contributed by atoms with Crippen molar-refractivity contribution >= 4 is 0 Å². The fourth-order valence-corrected chi connectivity index (χ4v) is 10.8. The van der Waals surface area contributed by atoms with Gasteiger partial charge in [-0.1, -0.05) is 18.2 Å². The molecule has 294 valence electrons. The number of aliphatic hydroxyl groups excluding tert-OH is 1. The first-order valence-electron chi connectivity index (χ1n) is 19.9. The number of likely N-dealkylation sites (N-methyl/N-ethyl adjacent to an activating group) is 2. The van der Waals surface area contributed by atoms with E-state index in [0.29, 0.717) is 24.6 Å². The molecule has 0 saturated carbocycles. The van der Waals surface area contributed by atoms with E-state index < -0.39 is 6.10 Å². The Bertz CT molecular complexity index is 1980. The van der Waals surface area contributed by atoms with E-state index in [0.717, 1.165) is 117 Å². The number of morpholine rings is 1. The Balaban J connectivity index is 0.000000145. The molecule has 11 nitrogen and oxygen atoms in total. The number of benzene rings is 3. The van der Waals surface area contributed by atoms with Gasteiger partial charge < -0.3 is 43.2 Å². The zero-order chi connectivity index (χ0) is 38.0. The monoisotopic (exact) mass is 753 g/mol. The van der Waals surface area contributed by atoms with Crippen LogP contribution in [0.5, 0.6) is 34.5 Å². The van der Waals surface area contributed by atoms with Crippen LogP contribution in [0.4, 0.5) is 0 Å². The molecule has 4 aliphatic heterocycles. The highest BCUT2D eigenvalue weighted by Gasteiger charge is 2.64. The molecule has 0 radical (unpaired) electrons. The highest BCUT2D eigenvalue weighted by Crippen LogP contribution is 2.62. The summed E-state index contributed by atoms with van der Waals surface area (Å²) in [5, 5.41) is 10.8. The molecule has 2 fully saturated rings. The molecule has 11 heteroatoms. The second-order valence-electron chi connectivity index (χ2n) is 16.1. The number of piperidine rings is 1. The summed E-state index contributed by atoms with van der Waals surface area (Å²) in [6.07, 6.45) is 7.47. The van der Waals surface area contributed by atoms with Crippen LogP contribution in [0.1, 0.15) is 40.3 Å². The zero-order valence-electron chi connectivity index (χ0n) is 33.1. The van der Waals surface area contributed by atoms with Gasteiger partial charge in [-0.25, -0.2) is 0 Å². The van der Waals surface area contributed by atoms with E-state index in [1.807, 2.05) is 6.08 Å². The number of hydrogen-bond acceptors (Lipinski definition) is 11. The average molecular weight is 754 g/mol. The first-order valence-corrected chi connectivity index (χ1v) is 19.9. The summed E-state index contributed by atoms with van der Waals surface area (Å²) in [5.74, 6) is 5.19. The molecule has 6 atom stereocenters. The van der Waals surface area contributed by atoms with Crippen molar-refractivity contribution in [2.75, 3.05) is 95.1 Å². The highest BCUT2D eigenvalue weighted by atomic mass is 16.5. The van der Waals surface area contributed by atoms with Crippen LogP contribution < -0.4 is 28.4 Å². The number of hydrogen-bond donors (Lipinski definition) is 1. The third kappa shape index (κ3) is 5.79. The summed E-state index contributed by atoms with van der Waals surface area (Å²) in [6, 6.07) is 11.4. The van der Waals surface area contributed by atoms with E-state index in [1.54, 1.807) is 28.4 Å². The molecule has 3 aliphatic carbocycles. The summed E-state index contributed by atoms with van der Waals surface area (Å²) in [6.45, 7) is 7.17. The van der Waals surface area contributed by atoms with Gasteiger partial charge >= 0.3 is 0 Å². The third-order valence-corrected chi connectivity index (χ3v) is 13.6. The molecule has 2 bridgehead atoms. The Kier molecular flexibility index (Phi) is 9.65. The smallest absolute Gasteiger partial charge is 0.168 e. The van der Waals surface area contributed by atoms with Crippen LogP contribution in [-0.4, -0.2) is 133 Å². The molecular formula is C44H55N3O8. The van der Waals surface area contributed by atoms with Crippen LogP contribution in [0.25, 0.3) is 11.1 Å². The van der Waals surface area contributed by atoms with Crippen molar-refractivity contribution in [1.82, 2.24) is 14.7 Å². The van der Waals surface area contributed by atoms with E-state index in [1.165, 1.54) is 27.8 Å². The van der Waals surface area contributed by atoms with Gasteiger partial charge in [-0.3, -0.25) is 9.80 Å². The number of likely N-dealkylation sites (tertiary alicyclic amines) is 1. The second kappa shape index (κ2) is 14.5. The molecule has 0 aromatic heterocycles. The van der Waals surface area contributed by atoms with Crippen LogP contribution in [0.15, 0.2) is 42.5 Å². The zero-order valence-corrected chi connectivity index (χ0v) is 33.1. The quantitative estimate of drug-likeness (QED) is 0.326. The Morgan fingerprint density at radius 2 is 1.56 bits per heavy atom. The lowest BCUT2D eigenvalue weighted by atomic mass is 9.53. The maximum absolute atomic E-state index is 10.8. The van der Waals surface area contributed by atoms with Crippen molar-refractivity contribution < 1.29 is 38.3 Å². The molecule has 1 spiro atoms. The predicted octanol–water partition coefficient (Wildman–Crippen LogP) is 4.68. The normalized spacial score (nSPS) is 28.5. The van der Waals surface area contributed by atoms with Crippen LogP contribution in [0.2, 0.25) is 0 Å². The van der Waals surface area contributed by atoms with Gasteiger partial charge in [-0.15, -0.1) is 0 Å². The van der Waals surface area contributed by atoms with Crippen molar-refractivity contribution in [3.63, 3.8) is 0 Å². The van der Waals surface area contributed by atoms with Gasteiger partial charge in [-0.2, -0.15) is 0 Å². The SMILES string of the molecule is CN1CC[C@]23c4c5ccc(OCCN6CCOCC6)c4O[C@H]2[C@@H](O)C=C[C@H]3[C@H]1C5.COc1cc2c(cc1OC)-c1c(OC)c(OC)cc3c1[C@H](C2)N(C)CC3. The lowest BCUT2D eigenvalue weighted by Gasteiger charge is -2.56. The van der Waals surface area contributed by atoms with Crippen LogP contribution >= 0.6 is 0 Å². The lowest BCUT2D eigenvalue weighted by Crippen LogP contribution is -2.64. The first kappa shape index (κ1) is 36.6. The van der Waals surface area contributed by atoms with Crippen molar-refractivity contribution in [1.29, 1.82) is 0 Å². The van der Waals surface area contributed by atoms with E-state index in [-0.39, 0.29) is 11.5 Å². The molecule has 7 aliphatic rings.